The molecule has 0 spiro atoms. The van der Waals surface area contributed by atoms with Crippen LogP contribution >= 0.6 is 12.4 Å². The number of aliphatic hydroxyl groups is 2. The van der Waals surface area contributed by atoms with Crippen molar-refractivity contribution in [2.24, 2.45) is 5.41 Å². The van der Waals surface area contributed by atoms with E-state index in [2.05, 4.69) is 5.32 Å². The zero-order valence-electron chi connectivity index (χ0n) is 7.96. The predicted molar refractivity (Wildman–Crippen MR) is 55.2 cm³/mol. The third-order valence-electron chi connectivity index (χ3n) is 2.95. The summed E-state index contributed by atoms with van der Waals surface area (Å²) in [6, 6.07) is 0. The van der Waals surface area contributed by atoms with Crippen LogP contribution in [0.25, 0.3) is 0 Å². The standard InChI is InChI=1S/C9H19NO2.ClH/c11-7-3-9(4-8-12)1-5-10-6-2-9;/h10-12H,1-8H2;1H. The highest BCUT2D eigenvalue weighted by Crippen LogP contribution is 2.35. The van der Waals surface area contributed by atoms with E-state index in [1.165, 1.54) is 0 Å². The van der Waals surface area contributed by atoms with Crippen LogP contribution < -0.4 is 5.32 Å². The van der Waals surface area contributed by atoms with Gasteiger partial charge in [-0.05, 0) is 44.2 Å². The maximum absolute atomic E-state index is 8.91. The number of aliphatic hydroxyl groups excluding tert-OH is 2. The molecule has 1 saturated heterocycles. The maximum atomic E-state index is 8.91. The predicted octanol–water partition coefficient (Wildman–Crippen LogP) is 0.543. The van der Waals surface area contributed by atoms with Gasteiger partial charge in [-0.15, -0.1) is 12.4 Å². The first-order valence-corrected chi connectivity index (χ1v) is 4.75. The monoisotopic (exact) mass is 209 g/mol. The van der Waals surface area contributed by atoms with Gasteiger partial charge in [0.05, 0.1) is 0 Å². The van der Waals surface area contributed by atoms with Crippen LogP contribution in [0, 0.1) is 5.41 Å². The summed E-state index contributed by atoms with van der Waals surface area (Å²) >= 11 is 0. The van der Waals surface area contributed by atoms with Crippen LogP contribution in [0.1, 0.15) is 25.7 Å². The lowest BCUT2D eigenvalue weighted by Gasteiger charge is -2.36. The van der Waals surface area contributed by atoms with Gasteiger partial charge in [0.2, 0.25) is 0 Å². The number of piperidine rings is 1. The summed E-state index contributed by atoms with van der Waals surface area (Å²) in [5, 5.41) is 21.1. The van der Waals surface area contributed by atoms with Gasteiger partial charge in [0.25, 0.3) is 0 Å². The topological polar surface area (TPSA) is 52.5 Å². The Labute approximate surface area is 85.9 Å². The Kier molecular flexibility index (Phi) is 6.68. The fourth-order valence-electron chi connectivity index (χ4n) is 2.06. The first-order valence-electron chi connectivity index (χ1n) is 4.75. The molecule has 0 aliphatic carbocycles. The normalized spacial score (nSPS) is 20.8. The molecule has 3 nitrogen and oxygen atoms in total. The molecule has 0 aromatic heterocycles. The maximum Gasteiger partial charge on any atom is 0.0436 e. The van der Waals surface area contributed by atoms with E-state index in [-0.39, 0.29) is 31.0 Å². The first kappa shape index (κ1) is 13.2. The van der Waals surface area contributed by atoms with Crippen LogP contribution in [-0.2, 0) is 0 Å². The molecular formula is C9H20ClNO2. The van der Waals surface area contributed by atoms with Gasteiger partial charge in [-0.2, -0.15) is 0 Å². The number of hydrogen-bond donors (Lipinski definition) is 3. The molecule has 0 aromatic rings. The second kappa shape index (κ2) is 6.60. The van der Waals surface area contributed by atoms with Crippen molar-refractivity contribution in [1.82, 2.24) is 5.32 Å². The second-order valence-electron chi connectivity index (χ2n) is 3.70. The van der Waals surface area contributed by atoms with Gasteiger partial charge < -0.3 is 15.5 Å². The lowest BCUT2D eigenvalue weighted by molar-refractivity contribution is 0.0993. The fraction of sp³-hybridized carbons (Fsp3) is 1.00. The molecule has 80 valence electrons. The minimum absolute atomic E-state index is 0. The molecule has 3 N–H and O–H groups in total. The van der Waals surface area contributed by atoms with Crippen LogP contribution in [0.2, 0.25) is 0 Å². The summed E-state index contributed by atoms with van der Waals surface area (Å²) in [5.74, 6) is 0. The van der Waals surface area contributed by atoms with Gasteiger partial charge >= 0.3 is 0 Å². The molecule has 0 amide bonds. The van der Waals surface area contributed by atoms with E-state index in [4.69, 9.17) is 10.2 Å². The zero-order valence-corrected chi connectivity index (χ0v) is 8.78. The highest BCUT2D eigenvalue weighted by Gasteiger charge is 2.30. The molecule has 0 aromatic carbocycles. The molecule has 13 heavy (non-hydrogen) atoms. The average molecular weight is 210 g/mol. The zero-order chi connectivity index (χ0) is 8.86. The van der Waals surface area contributed by atoms with E-state index >= 15 is 0 Å². The Morgan fingerprint density at radius 2 is 1.46 bits per heavy atom. The highest BCUT2D eigenvalue weighted by molar-refractivity contribution is 5.85. The Bertz CT molecular complexity index is 111. The lowest BCUT2D eigenvalue weighted by Crippen LogP contribution is -2.37. The van der Waals surface area contributed by atoms with Gasteiger partial charge in [-0.25, -0.2) is 0 Å². The van der Waals surface area contributed by atoms with E-state index in [1.54, 1.807) is 0 Å². The van der Waals surface area contributed by atoms with Crippen molar-refractivity contribution in [3.8, 4) is 0 Å². The largest absolute Gasteiger partial charge is 0.396 e. The summed E-state index contributed by atoms with van der Waals surface area (Å²) in [5.41, 5.74) is 0.217. The molecule has 0 bridgehead atoms. The summed E-state index contributed by atoms with van der Waals surface area (Å²) in [6.45, 7) is 2.56. The fourth-order valence-corrected chi connectivity index (χ4v) is 2.06. The average Bonchev–Trinajstić information content (AvgIpc) is 2.07. The Hall–Kier alpha value is 0.170. The molecule has 1 heterocycles. The molecule has 1 rings (SSSR count). The van der Waals surface area contributed by atoms with Crippen molar-refractivity contribution in [3.63, 3.8) is 0 Å². The summed E-state index contributed by atoms with van der Waals surface area (Å²) < 4.78 is 0. The minimum Gasteiger partial charge on any atom is -0.396 e. The van der Waals surface area contributed by atoms with E-state index in [1.807, 2.05) is 0 Å². The van der Waals surface area contributed by atoms with E-state index < -0.39 is 0 Å². The summed E-state index contributed by atoms with van der Waals surface area (Å²) in [4.78, 5) is 0. The molecule has 4 heteroatoms. The SMILES string of the molecule is Cl.OCCC1(CCO)CCNCC1. The molecule has 1 aliphatic heterocycles. The van der Waals surface area contributed by atoms with Gasteiger partial charge in [-0.1, -0.05) is 0 Å². The molecular weight excluding hydrogens is 190 g/mol. The van der Waals surface area contributed by atoms with Crippen molar-refractivity contribution >= 4 is 12.4 Å². The lowest BCUT2D eigenvalue weighted by atomic mass is 9.74. The number of hydrogen-bond acceptors (Lipinski definition) is 3. The molecule has 0 saturated carbocycles. The van der Waals surface area contributed by atoms with Crippen molar-refractivity contribution in [2.45, 2.75) is 25.7 Å². The van der Waals surface area contributed by atoms with Crippen molar-refractivity contribution in [2.75, 3.05) is 26.3 Å². The number of halogens is 1. The molecule has 0 radical (unpaired) electrons. The van der Waals surface area contributed by atoms with E-state index in [0.29, 0.717) is 0 Å². The van der Waals surface area contributed by atoms with Gasteiger partial charge in [-0.3, -0.25) is 0 Å². The van der Waals surface area contributed by atoms with Crippen LogP contribution in [-0.4, -0.2) is 36.5 Å². The van der Waals surface area contributed by atoms with Crippen LogP contribution in [0.15, 0.2) is 0 Å². The second-order valence-corrected chi connectivity index (χ2v) is 3.70. The smallest absolute Gasteiger partial charge is 0.0436 e. The molecule has 0 unspecified atom stereocenters. The third kappa shape index (κ3) is 3.81. The number of nitrogens with one attached hydrogen (secondary N) is 1. The van der Waals surface area contributed by atoms with Crippen LogP contribution in [0.4, 0.5) is 0 Å². The van der Waals surface area contributed by atoms with Crippen LogP contribution in [0.5, 0.6) is 0 Å². The van der Waals surface area contributed by atoms with E-state index in [9.17, 15) is 0 Å². The Morgan fingerprint density at radius 1 is 1.00 bits per heavy atom. The molecule has 1 fully saturated rings. The summed E-state index contributed by atoms with van der Waals surface area (Å²) in [6.07, 6.45) is 3.87. The van der Waals surface area contributed by atoms with E-state index in [0.717, 1.165) is 38.8 Å². The first-order chi connectivity index (χ1) is 5.83. The Morgan fingerprint density at radius 3 is 1.85 bits per heavy atom. The molecule has 1 aliphatic rings. The number of rotatable bonds is 4. The van der Waals surface area contributed by atoms with Gasteiger partial charge in [0.15, 0.2) is 0 Å². The highest BCUT2D eigenvalue weighted by atomic mass is 35.5. The van der Waals surface area contributed by atoms with Crippen molar-refractivity contribution in [3.05, 3.63) is 0 Å². The quantitative estimate of drug-likeness (QED) is 0.634. The third-order valence-corrected chi connectivity index (χ3v) is 2.95. The van der Waals surface area contributed by atoms with Crippen LogP contribution in [0.3, 0.4) is 0 Å². The van der Waals surface area contributed by atoms with Gasteiger partial charge in [0.1, 0.15) is 0 Å². The van der Waals surface area contributed by atoms with Crippen molar-refractivity contribution < 1.29 is 10.2 Å². The van der Waals surface area contributed by atoms with Gasteiger partial charge in [0, 0.05) is 13.2 Å². The van der Waals surface area contributed by atoms with Crippen molar-refractivity contribution in [1.29, 1.82) is 0 Å². The molecule has 0 atom stereocenters. The summed E-state index contributed by atoms with van der Waals surface area (Å²) in [7, 11) is 0. The minimum atomic E-state index is 0. The Balaban J connectivity index is 0.00000144.